The lowest BCUT2D eigenvalue weighted by Gasteiger charge is -2.49. The van der Waals surface area contributed by atoms with Gasteiger partial charge in [0.15, 0.2) is 0 Å². The minimum absolute atomic E-state index is 0.224. The van der Waals surface area contributed by atoms with Gasteiger partial charge in [0.25, 0.3) is 0 Å². The van der Waals surface area contributed by atoms with Crippen LogP contribution in [0.25, 0.3) is 6.08 Å². The first-order valence-electron chi connectivity index (χ1n) is 9.06. The monoisotopic (exact) mass is 324 g/mol. The molecule has 1 saturated heterocycles. The maximum absolute atomic E-state index is 4.31. The molecule has 0 unspecified atom stereocenters. The minimum atomic E-state index is 0.224. The molecule has 0 N–H and O–H groups in total. The summed E-state index contributed by atoms with van der Waals surface area (Å²) >= 11 is 0. The van der Waals surface area contributed by atoms with E-state index in [1.807, 2.05) is 7.05 Å². The van der Waals surface area contributed by atoms with Gasteiger partial charge in [0.1, 0.15) is 0 Å². The molecule has 1 aliphatic rings. The Morgan fingerprint density at radius 3 is 2.71 bits per heavy atom. The quantitative estimate of drug-likeness (QED) is 0.469. The average molecular weight is 325 g/mol. The Labute approximate surface area is 148 Å². The molecule has 1 aliphatic heterocycles. The summed E-state index contributed by atoms with van der Waals surface area (Å²) in [6.45, 7) is 13.8. The molecule has 2 heteroatoms. The van der Waals surface area contributed by atoms with Gasteiger partial charge < -0.3 is 0 Å². The predicted molar refractivity (Wildman–Crippen MR) is 107 cm³/mol. The van der Waals surface area contributed by atoms with Crippen molar-refractivity contribution in [3.63, 3.8) is 0 Å². The van der Waals surface area contributed by atoms with E-state index in [1.165, 1.54) is 28.8 Å². The molecule has 0 spiro atoms. The van der Waals surface area contributed by atoms with Gasteiger partial charge in [0, 0.05) is 37.8 Å². The lowest BCUT2D eigenvalue weighted by atomic mass is 9.75. The van der Waals surface area contributed by atoms with Crippen LogP contribution in [0.1, 0.15) is 49.8 Å². The number of rotatable bonds is 8. The fourth-order valence-electron chi connectivity index (χ4n) is 3.52. The molecule has 0 aromatic heterocycles. The van der Waals surface area contributed by atoms with Crippen molar-refractivity contribution in [2.75, 3.05) is 20.1 Å². The topological polar surface area (TPSA) is 15.6 Å². The Hall–Kier alpha value is -1.67. The number of unbranched alkanes of at least 4 members (excludes halogenated alkanes) is 1. The second-order valence-corrected chi connectivity index (χ2v) is 7.23. The maximum Gasteiger partial charge on any atom is 0.0276 e. The summed E-state index contributed by atoms with van der Waals surface area (Å²) in [7, 11) is 1.88. The van der Waals surface area contributed by atoms with Gasteiger partial charge in [-0.25, -0.2) is 0 Å². The van der Waals surface area contributed by atoms with Gasteiger partial charge in [0.05, 0.1) is 0 Å². The number of benzene rings is 1. The highest BCUT2D eigenvalue weighted by Crippen LogP contribution is 2.36. The zero-order chi connectivity index (χ0) is 17.6. The molecule has 2 rings (SSSR count). The van der Waals surface area contributed by atoms with Crippen molar-refractivity contribution in [1.29, 1.82) is 0 Å². The Morgan fingerprint density at radius 2 is 2.12 bits per heavy atom. The van der Waals surface area contributed by atoms with Crippen LogP contribution >= 0.6 is 0 Å². The van der Waals surface area contributed by atoms with Gasteiger partial charge in [-0.15, -0.1) is 6.58 Å². The van der Waals surface area contributed by atoms with Crippen molar-refractivity contribution >= 4 is 11.8 Å². The van der Waals surface area contributed by atoms with Crippen molar-refractivity contribution in [2.24, 2.45) is 10.4 Å². The Morgan fingerprint density at radius 1 is 1.38 bits per heavy atom. The molecule has 1 heterocycles. The lowest BCUT2D eigenvalue weighted by molar-refractivity contribution is 0.0383. The predicted octanol–water partition coefficient (Wildman–Crippen LogP) is 5.28. The summed E-state index contributed by atoms with van der Waals surface area (Å²) in [5.74, 6) is 0. The standard InChI is InChI=1S/C22H32N2/c1-6-8-9-10-21-12-11-20(13-18(21)3)15-24-16-22(7-2,17-24)14-19(4)23-5/h7,9-13H,2,6,8,14-17H2,1,3-5H3/b10-9-,23-19?. The normalized spacial score (nSPS) is 17.9. The molecular formula is C22H32N2. The molecule has 24 heavy (non-hydrogen) atoms. The summed E-state index contributed by atoms with van der Waals surface area (Å²) in [5.41, 5.74) is 5.55. The fourth-order valence-corrected chi connectivity index (χ4v) is 3.52. The average Bonchev–Trinajstić information content (AvgIpc) is 2.54. The van der Waals surface area contributed by atoms with Crippen molar-refractivity contribution < 1.29 is 0 Å². The minimum Gasteiger partial charge on any atom is -0.298 e. The van der Waals surface area contributed by atoms with E-state index >= 15 is 0 Å². The summed E-state index contributed by atoms with van der Waals surface area (Å²) in [6, 6.07) is 6.86. The van der Waals surface area contributed by atoms with Crippen molar-refractivity contribution in [1.82, 2.24) is 4.90 Å². The third-order valence-electron chi connectivity index (χ3n) is 4.99. The van der Waals surface area contributed by atoms with Gasteiger partial charge in [-0.2, -0.15) is 0 Å². The third kappa shape index (κ3) is 4.67. The summed E-state index contributed by atoms with van der Waals surface area (Å²) in [6.07, 6.45) is 10.0. The molecule has 1 aromatic carbocycles. The molecule has 1 aromatic rings. The molecule has 0 amide bonds. The highest BCUT2D eigenvalue weighted by Gasteiger charge is 2.40. The van der Waals surface area contributed by atoms with E-state index in [1.54, 1.807) is 0 Å². The van der Waals surface area contributed by atoms with Crippen LogP contribution in [0, 0.1) is 12.3 Å². The number of nitrogens with zero attached hydrogens (tertiary/aromatic N) is 2. The number of aryl methyl sites for hydroxylation is 1. The van der Waals surface area contributed by atoms with Crippen LogP contribution in [0.15, 0.2) is 41.9 Å². The smallest absolute Gasteiger partial charge is 0.0276 e. The highest BCUT2D eigenvalue weighted by molar-refractivity contribution is 5.82. The molecule has 1 fully saturated rings. The van der Waals surface area contributed by atoms with Gasteiger partial charge in [0.2, 0.25) is 0 Å². The number of hydrogen-bond donors (Lipinski definition) is 0. The number of allylic oxidation sites excluding steroid dienone is 1. The van der Waals surface area contributed by atoms with E-state index in [-0.39, 0.29) is 5.41 Å². The van der Waals surface area contributed by atoms with Crippen LogP contribution in [-0.4, -0.2) is 30.7 Å². The zero-order valence-electron chi connectivity index (χ0n) is 15.8. The summed E-state index contributed by atoms with van der Waals surface area (Å²) < 4.78 is 0. The van der Waals surface area contributed by atoms with Crippen LogP contribution in [0.3, 0.4) is 0 Å². The van der Waals surface area contributed by atoms with Crippen molar-refractivity contribution in [3.8, 4) is 0 Å². The SMILES string of the molecule is C=CC1(CC(C)=NC)CN(Cc2ccc(/C=C\CCC)c(C)c2)C1. The molecule has 0 atom stereocenters. The molecule has 0 saturated carbocycles. The van der Waals surface area contributed by atoms with Crippen LogP contribution in [-0.2, 0) is 6.54 Å². The van der Waals surface area contributed by atoms with E-state index in [9.17, 15) is 0 Å². The molecule has 2 nitrogen and oxygen atoms in total. The second kappa shape index (κ2) is 8.43. The van der Waals surface area contributed by atoms with E-state index in [0.717, 1.165) is 32.5 Å². The molecule has 130 valence electrons. The van der Waals surface area contributed by atoms with Gasteiger partial charge >= 0.3 is 0 Å². The van der Waals surface area contributed by atoms with Crippen molar-refractivity contribution in [3.05, 3.63) is 53.6 Å². The third-order valence-corrected chi connectivity index (χ3v) is 4.99. The first-order valence-corrected chi connectivity index (χ1v) is 9.06. The van der Waals surface area contributed by atoms with Crippen molar-refractivity contribution in [2.45, 2.75) is 46.6 Å². The maximum atomic E-state index is 4.31. The number of hydrogen-bond acceptors (Lipinski definition) is 2. The molecule has 0 radical (unpaired) electrons. The van der Waals surface area contributed by atoms with E-state index in [2.05, 4.69) is 73.7 Å². The van der Waals surface area contributed by atoms with E-state index < -0.39 is 0 Å². The number of likely N-dealkylation sites (tertiary alicyclic amines) is 1. The molecule has 0 bridgehead atoms. The lowest BCUT2D eigenvalue weighted by Crippen LogP contribution is -2.55. The van der Waals surface area contributed by atoms with Gasteiger partial charge in [-0.05, 0) is 43.4 Å². The largest absolute Gasteiger partial charge is 0.298 e. The van der Waals surface area contributed by atoms with Crippen LogP contribution in [0.5, 0.6) is 0 Å². The highest BCUT2D eigenvalue weighted by atomic mass is 15.2. The van der Waals surface area contributed by atoms with Crippen LogP contribution in [0.4, 0.5) is 0 Å². The molecule has 0 aliphatic carbocycles. The van der Waals surface area contributed by atoms with Crippen LogP contribution in [0.2, 0.25) is 0 Å². The second-order valence-electron chi connectivity index (χ2n) is 7.23. The Kier molecular flexibility index (Phi) is 6.56. The Bertz CT molecular complexity index is 619. The number of aliphatic imine (C=N–C) groups is 1. The first kappa shape index (κ1) is 18.7. The summed E-state index contributed by atoms with van der Waals surface area (Å²) in [5, 5.41) is 0. The van der Waals surface area contributed by atoms with Crippen LogP contribution < -0.4 is 0 Å². The first-order chi connectivity index (χ1) is 11.5. The van der Waals surface area contributed by atoms with E-state index in [4.69, 9.17) is 0 Å². The van der Waals surface area contributed by atoms with Gasteiger partial charge in [-0.1, -0.05) is 49.8 Å². The van der Waals surface area contributed by atoms with Gasteiger partial charge in [-0.3, -0.25) is 9.89 Å². The fraction of sp³-hybridized carbons (Fsp3) is 0.500. The summed E-state index contributed by atoms with van der Waals surface area (Å²) in [4.78, 5) is 6.81. The Balaban J connectivity index is 1.94. The van der Waals surface area contributed by atoms with E-state index in [0.29, 0.717) is 0 Å². The molecular weight excluding hydrogens is 292 g/mol. The zero-order valence-corrected chi connectivity index (χ0v) is 15.8.